The van der Waals surface area contributed by atoms with Gasteiger partial charge in [0.05, 0.1) is 5.92 Å². The van der Waals surface area contributed by atoms with Gasteiger partial charge in [-0.1, -0.05) is 30.7 Å². The van der Waals surface area contributed by atoms with Crippen LogP contribution in [0, 0.1) is 5.92 Å². The highest BCUT2D eigenvalue weighted by atomic mass is 32.1. The van der Waals surface area contributed by atoms with E-state index in [1.165, 1.54) is 29.1 Å². The molecule has 4 rings (SSSR count). The number of unbranched alkanes of at least 4 members (excludes halogenated alkanes) is 1. The maximum Gasteiger partial charge on any atom is 0.228 e. The van der Waals surface area contributed by atoms with Crippen molar-refractivity contribution in [3.05, 3.63) is 22.4 Å². The largest absolute Gasteiger partial charge is 0.355 e. The molecule has 0 spiro atoms. The Morgan fingerprint density at radius 1 is 1.24 bits per heavy atom. The number of piperidine rings is 1. The summed E-state index contributed by atoms with van der Waals surface area (Å²) in [6.45, 7) is 8.00. The van der Waals surface area contributed by atoms with E-state index in [4.69, 9.17) is 0 Å². The number of hydrogen-bond donors (Lipinski definition) is 1. The van der Waals surface area contributed by atoms with E-state index >= 15 is 0 Å². The average molecular weight is 491 g/mol. The Balaban J connectivity index is 1.26. The van der Waals surface area contributed by atoms with Crippen LogP contribution < -0.4 is 15.1 Å². The molecule has 2 aromatic heterocycles. The fourth-order valence-corrected chi connectivity index (χ4v) is 6.09. The van der Waals surface area contributed by atoms with Crippen molar-refractivity contribution in [1.29, 1.82) is 0 Å². The van der Waals surface area contributed by atoms with Crippen LogP contribution in [-0.4, -0.2) is 66.2 Å². The number of thiophene rings is 1. The van der Waals surface area contributed by atoms with Gasteiger partial charge >= 0.3 is 0 Å². The Morgan fingerprint density at radius 2 is 2.12 bits per heavy atom. The fourth-order valence-electron chi connectivity index (χ4n) is 4.42. The normalized spacial score (nSPS) is 19.0. The molecule has 2 aliphatic rings. The van der Waals surface area contributed by atoms with E-state index in [0.29, 0.717) is 24.6 Å². The topological polar surface area (TPSA) is 81.7 Å². The molecule has 0 aliphatic carbocycles. The summed E-state index contributed by atoms with van der Waals surface area (Å²) < 4.78 is 0. The van der Waals surface area contributed by atoms with Crippen molar-refractivity contribution in [3.8, 4) is 0 Å². The van der Waals surface area contributed by atoms with E-state index in [0.717, 1.165) is 57.1 Å². The van der Waals surface area contributed by atoms with Gasteiger partial charge in [0.15, 0.2) is 0 Å². The molecule has 180 valence electrons. The van der Waals surface area contributed by atoms with E-state index in [1.807, 2.05) is 0 Å². The number of hydrogen-bond acceptors (Lipinski definition) is 8. The third kappa shape index (κ3) is 6.51. The lowest BCUT2D eigenvalue weighted by Gasteiger charge is -2.31. The lowest BCUT2D eigenvalue weighted by atomic mass is 9.97. The van der Waals surface area contributed by atoms with Gasteiger partial charge in [-0.15, -0.1) is 21.5 Å². The number of rotatable bonds is 11. The van der Waals surface area contributed by atoms with Crippen LogP contribution in [0.3, 0.4) is 0 Å². The molecule has 2 saturated heterocycles. The Kier molecular flexibility index (Phi) is 8.69. The summed E-state index contributed by atoms with van der Waals surface area (Å²) >= 11 is 3.25. The predicted molar refractivity (Wildman–Crippen MR) is 134 cm³/mol. The first kappa shape index (κ1) is 24.1. The molecule has 1 atom stereocenters. The zero-order valence-corrected chi connectivity index (χ0v) is 21.0. The van der Waals surface area contributed by atoms with Crippen molar-refractivity contribution in [3.63, 3.8) is 0 Å². The van der Waals surface area contributed by atoms with Gasteiger partial charge < -0.3 is 10.2 Å². The van der Waals surface area contributed by atoms with E-state index in [-0.39, 0.29) is 17.7 Å². The van der Waals surface area contributed by atoms with Gasteiger partial charge in [-0.3, -0.25) is 19.4 Å². The smallest absolute Gasteiger partial charge is 0.228 e. The molecule has 0 unspecified atom stereocenters. The third-order valence-corrected chi connectivity index (χ3v) is 8.15. The highest BCUT2D eigenvalue weighted by molar-refractivity contribution is 7.19. The van der Waals surface area contributed by atoms with E-state index < -0.39 is 0 Å². The first-order valence-electron chi connectivity index (χ1n) is 12.1. The number of aromatic nitrogens is 2. The molecule has 2 fully saturated rings. The summed E-state index contributed by atoms with van der Waals surface area (Å²) in [4.78, 5) is 32.6. The van der Waals surface area contributed by atoms with Crippen LogP contribution in [0.15, 0.2) is 17.5 Å². The molecule has 0 saturated carbocycles. The molecule has 2 aromatic rings. The Morgan fingerprint density at radius 3 is 2.88 bits per heavy atom. The van der Waals surface area contributed by atoms with Crippen molar-refractivity contribution in [2.75, 3.05) is 49.1 Å². The molecule has 4 heterocycles. The second-order valence-electron chi connectivity index (χ2n) is 8.80. The second-order valence-corrected chi connectivity index (χ2v) is 10.8. The number of nitrogens with one attached hydrogen (secondary N) is 1. The average Bonchev–Trinajstić information content (AvgIpc) is 3.59. The van der Waals surface area contributed by atoms with Crippen LogP contribution in [-0.2, 0) is 16.1 Å². The van der Waals surface area contributed by atoms with Gasteiger partial charge in [0.25, 0.3) is 0 Å². The summed E-state index contributed by atoms with van der Waals surface area (Å²) in [7, 11) is 0. The number of amides is 2. The maximum absolute atomic E-state index is 12.9. The van der Waals surface area contributed by atoms with E-state index in [1.54, 1.807) is 16.2 Å². The molecule has 0 radical (unpaired) electrons. The monoisotopic (exact) mass is 490 g/mol. The molecule has 8 nitrogen and oxygen atoms in total. The highest BCUT2D eigenvalue weighted by Crippen LogP contribution is 2.32. The van der Waals surface area contributed by atoms with E-state index in [2.05, 4.69) is 49.8 Å². The number of anilines is 2. The number of carbonyl (C=O) groups is 2. The molecule has 2 aliphatic heterocycles. The lowest BCUT2D eigenvalue weighted by Crippen LogP contribution is -2.44. The summed E-state index contributed by atoms with van der Waals surface area (Å²) in [5, 5.41) is 15.4. The first-order valence-corrected chi connectivity index (χ1v) is 13.7. The minimum Gasteiger partial charge on any atom is -0.355 e. The summed E-state index contributed by atoms with van der Waals surface area (Å²) in [5.41, 5.74) is 0. The van der Waals surface area contributed by atoms with Gasteiger partial charge in [0.2, 0.25) is 22.1 Å². The molecular formula is C23H34N6O2S2. The van der Waals surface area contributed by atoms with Crippen LogP contribution in [0.5, 0.6) is 0 Å². The lowest BCUT2D eigenvalue weighted by molar-refractivity contribution is -0.125. The van der Waals surface area contributed by atoms with Gasteiger partial charge in [0.1, 0.15) is 0 Å². The van der Waals surface area contributed by atoms with Gasteiger partial charge in [0, 0.05) is 50.6 Å². The summed E-state index contributed by atoms with van der Waals surface area (Å²) in [6, 6.07) is 4.27. The highest BCUT2D eigenvalue weighted by Gasteiger charge is 2.30. The molecule has 1 N–H and O–H groups in total. The maximum atomic E-state index is 12.9. The Labute approximate surface area is 204 Å². The third-order valence-electron chi connectivity index (χ3n) is 6.29. The van der Waals surface area contributed by atoms with Crippen LogP contribution >= 0.6 is 22.7 Å². The molecule has 0 bridgehead atoms. The van der Waals surface area contributed by atoms with E-state index in [9.17, 15) is 9.59 Å². The summed E-state index contributed by atoms with van der Waals surface area (Å²) in [6.07, 6.45) is 5.66. The van der Waals surface area contributed by atoms with Gasteiger partial charge in [-0.2, -0.15) is 0 Å². The minimum absolute atomic E-state index is 0.0408. The van der Waals surface area contributed by atoms with Crippen molar-refractivity contribution < 1.29 is 9.59 Å². The molecule has 2 amide bonds. The first-order chi connectivity index (χ1) is 16.1. The van der Waals surface area contributed by atoms with Crippen molar-refractivity contribution in [1.82, 2.24) is 20.4 Å². The Hall–Kier alpha value is -2.04. The zero-order valence-electron chi connectivity index (χ0n) is 19.4. The van der Waals surface area contributed by atoms with Crippen LogP contribution in [0.2, 0.25) is 0 Å². The standard InChI is InChI=1S/C23H34N6O2S2/c1-2-3-11-27(17-19-8-6-15-32-19)14-10-24-21(31)18-7-4-12-28(16-18)22-25-26-23(33-22)29-13-5-9-20(29)30/h6,8,15,18H,2-5,7,9-14,16-17H2,1H3,(H,24,31)/t18-/m0/s1. The zero-order chi connectivity index (χ0) is 23.0. The predicted octanol–water partition coefficient (Wildman–Crippen LogP) is 3.36. The SMILES string of the molecule is CCCCN(CCNC(=O)[C@H]1CCCN(c2nnc(N3CCCC3=O)s2)C1)Cc1cccs1. The summed E-state index contributed by atoms with van der Waals surface area (Å²) in [5.74, 6) is 0.215. The fraction of sp³-hybridized carbons (Fsp3) is 0.652. The van der Waals surface area contributed by atoms with Crippen LogP contribution in [0.1, 0.15) is 50.3 Å². The second kappa shape index (κ2) is 11.9. The molecule has 0 aromatic carbocycles. The quantitative estimate of drug-likeness (QED) is 0.520. The van der Waals surface area contributed by atoms with Gasteiger partial charge in [-0.05, 0) is 43.7 Å². The van der Waals surface area contributed by atoms with Crippen LogP contribution in [0.25, 0.3) is 0 Å². The van der Waals surface area contributed by atoms with Gasteiger partial charge in [-0.25, -0.2) is 0 Å². The molecular weight excluding hydrogens is 456 g/mol. The van der Waals surface area contributed by atoms with Crippen molar-refractivity contribution >= 4 is 44.8 Å². The van der Waals surface area contributed by atoms with Crippen molar-refractivity contribution in [2.45, 2.75) is 52.0 Å². The molecule has 10 heteroatoms. The molecule has 33 heavy (non-hydrogen) atoms. The number of carbonyl (C=O) groups excluding carboxylic acids is 2. The minimum atomic E-state index is -0.0408. The van der Waals surface area contributed by atoms with Crippen LogP contribution in [0.4, 0.5) is 10.3 Å². The van der Waals surface area contributed by atoms with Crippen molar-refractivity contribution in [2.24, 2.45) is 5.92 Å². The number of nitrogens with zero attached hydrogens (tertiary/aromatic N) is 5. The Bertz CT molecular complexity index is 903.